The number of ether oxygens (including phenoxy) is 1. The number of nitrogens with zero attached hydrogens (tertiary/aromatic N) is 3. The molecule has 0 aromatic heterocycles. The van der Waals surface area contributed by atoms with E-state index in [1.165, 1.54) is 4.90 Å². The van der Waals surface area contributed by atoms with Gasteiger partial charge < -0.3 is 18.6 Å². The van der Waals surface area contributed by atoms with Gasteiger partial charge in [0.25, 0.3) is 0 Å². The molecule has 0 spiro atoms. The zero-order valence-corrected chi connectivity index (χ0v) is 15.3. The number of carbonyl (C=O) groups excluding carboxylic acids is 1. The highest BCUT2D eigenvalue weighted by Gasteiger charge is 2.22. The zero-order chi connectivity index (χ0) is 17.1. The van der Waals surface area contributed by atoms with Gasteiger partial charge in [0, 0.05) is 25.2 Å². The van der Waals surface area contributed by atoms with Crippen LogP contribution in [0.4, 0.5) is 4.79 Å². The fourth-order valence-electron chi connectivity index (χ4n) is 2.22. The van der Waals surface area contributed by atoms with Crippen LogP contribution in [0.5, 0.6) is 5.75 Å². The average molecular weight is 309 g/mol. The van der Waals surface area contributed by atoms with Crippen molar-refractivity contribution in [3.05, 3.63) is 29.3 Å². The van der Waals surface area contributed by atoms with E-state index in [9.17, 15) is 4.79 Å². The summed E-state index contributed by atoms with van der Waals surface area (Å²) in [5, 5.41) is 0. The SMILES string of the molecule is CN(C)C(=O)Oc1c(C[N+](C)(C)C)cccc1C[N+](C)(C)C. The molecule has 1 aromatic rings. The molecule has 1 aromatic carbocycles. The third kappa shape index (κ3) is 6.03. The first-order chi connectivity index (χ1) is 9.89. The molecule has 1 amide bonds. The number of hydrogen-bond donors (Lipinski definition) is 0. The summed E-state index contributed by atoms with van der Waals surface area (Å²) in [6.07, 6.45) is -0.337. The van der Waals surface area contributed by atoms with Crippen LogP contribution >= 0.6 is 0 Å². The van der Waals surface area contributed by atoms with Gasteiger partial charge in [0.2, 0.25) is 0 Å². The molecule has 0 fully saturated rings. The van der Waals surface area contributed by atoms with Crippen LogP contribution in [-0.2, 0) is 13.1 Å². The summed E-state index contributed by atoms with van der Waals surface area (Å²) in [5.74, 6) is 0.710. The second kappa shape index (κ2) is 6.67. The molecule has 0 aliphatic rings. The second-order valence-electron chi connectivity index (χ2n) is 8.06. The van der Waals surface area contributed by atoms with Gasteiger partial charge in [-0.15, -0.1) is 0 Å². The normalized spacial score (nSPS) is 12.2. The van der Waals surface area contributed by atoms with Crippen LogP contribution in [-0.4, -0.2) is 76.3 Å². The Bertz CT molecular complexity index is 491. The second-order valence-corrected chi connectivity index (χ2v) is 8.06. The average Bonchev–Trinajstić information content (AvgIpc) is 2.29. The summed E-state index contributed by atoms with van der Waals surface area (Å²) in [6, 6.07) is 6.13. The van der Waals surface area contributed by atoms with Gasteiger partial charge in [-0.25, -0.2) is 4.79 Å². The van der Waals surface area contributed by atoms with Crippen molar-refractivity contribution in [1.82, 2.24) is 4.90 Å². The van der Waals surface area contributed by atoms with Gasteiger partial charge in [-0.3, -0.25) is 0 Å². The van der Waals surface area contributed by atoms with E-state index in [1.54, 1.807) is 14.1 Å². The first-order valence-electron chi connectivity index (χ1n) is 7.50. The molecule has 1 rings (SSSR count). The van der Waals surface area contributed by atoms with E-state index in [0.29, 0.717) is 5.75 Å². The summed E-state index contributed by atoms with van der Waals surface area (Å²) >= 11 is 0. The Morgan fingerprint density at radius 3 is 1.68 bits per heavy atom. The topological polar surface area (TPSA) is 29.5 Å². The van der Waals surface area contributed by atoms with Crippen LogP contribution < -0.4 is 4.74 Å². The van der Waals surface area contributed by atoms with E-state index in [4.69, 9.17) is 4.74 Å². The lowest BCUT2D eigenvalue weighted by molar-refractivity contribution is -0.884. The Hall–Kier alpha value is -1.59. The van der Waals surface area contributed by atoms with E-state index in [0.717, 1.165) is 33.2 Å². The maximum absolute atomic E-state index is 12.0. The van der Waals surface area contributed by atoms with E-state index >= 15 is 0 Å². The predicted octanol–water partition coefficient (Wildman–Crippen LogP) is 2.16. The largest absolute Gasteiger partial charge is 0.414 e. The first kappa shape index (κ1) is 18.5. The van der Waals surface area contributed by atoms with Crippen LogP contribution in [0, 0.1) is 0 Å². The molecular formula is C17H31N3O2+2. The fraction of sp³-hybridized carbons (Fsp3) is 0.588. The Morgan fingerprint density at radius 1 is 0.955 bits per heavy atom. The molecule has 5 heteroatoms. The van der Waals surface area contributed by atoms with Crippen molar-refractivity contribution in [2.24, 2.45) is 0 Å². The van der Waals surface area contributed by atoms with Crippen LogP contribution in [0.15, 0.2) is 18.2 Å². The van der Waals surface area contributed by atoms with Crippen LogP contribution in [0.25, 0.3) is 0 Å². The highest BCUT2D eigenvalue weighted by molar-refractivity contribution is 5.71. The van der Waals surface area contributed by atoms with Gasteiger partial charge in [-0.1, -0.05) is 6.07 Å². The highest BCUT2D eigenvalue weighted by Crippen LogP contribution is 2.28. The van der Waals surface area contributed by atoms with Gasteiger partial charge in [-0.05, 0) is 12.1 Å². The summed E-state index contributed by atoms with van der Waals surface area (Å²) in [7, 11) is 16.2. The van der Waals surface area contributed by atoms with Crippen molar-refractivity contribution >= 4 is 6.09 Å². The minimum Gasteiger partial charge on any atom is -0.409 e. The smallest absolute Gasteiger partial charge is 0.409 e. The molecule has 0 bridgehead atoms. The minimum absolute atomic E-state index is 0.337. The highest BCUT2D eigenvalue weighted by atomic mass is 16.6. The Labute approximate surface area is 134 Å². The molecule has 124 valence electrons. The maximum atomic E-state index is 12.0. The number of benzene rings is 1. The molecule has 5 nitrogen and oxygen atoms in total. The van der Waals surface area contributed by atoms with E-state index in [-0.39, 0.29) is 6.09 Å². The van der Waals surface area contributed by atoms with Crippen molar-refractivity contribution in [1.29, 1.82) is 0 Å². The zero-order valence-electron chi connectivity index (χ0n) is 15.3. The van der Waals surface area contributed by atoms with Crippen molar-refractivity contribution in [3.8, 4) is 5.75 Å². The van der Waals surface area contributed by atoms with Gasteiger partial charge in [-0.2, -0.15) is 0 Å². The molecule has 0 atom stereocenters. The standard InChI is InChI=1S/C17H31N3O2/c1-18(2)17(21)22-16-14(12-19(3,4)5)10-9-11-15(16)13-20(6,7)8/h9-11H,12-13H2,1-8H3/q+2. The lowest BCUT2D eigenvalue weighted by Gasteiger charge is -2.28. The van der Waals surface area contributed by atoms with Gasteiger partial charge in [0.1, 0.15) is 18.8 Å². The van der Waals surface area contributed by atoms with Crippen molar-refractivity contribution in [3.63, 3.8) is 0 Å². The third-order valence-corrected chi connectivity index (χ3v) is 3.02. The van der Waals surface area contributed by atoms with E-state index < -0.39 is 0 Å². The monoisotopic (exact) mass is 309 g/mol. The number of hydrogen-bond acceptors (Lipinski definition) is 2. The summed E-state index contributed by atoms with van der Waals surface area (Å²) < 4.78 is 7.25. The van der Waals surface area contributed by atoms with Crippen LogP contribution in [0.3, 0.4) is 0 Å². The van der Waals surface area contributed by atoms with Crippen molar-refractivity contribution in [2.45, 2.75) is 13.1 Å². The summed E-state index contributed by atoms with van der Waals surface area (Å²) in [4.78, 5) is 13.5. The molecular weight excluding hydrogens is 278 g/mol. The molecule has 0 unspecified atom stereocenters. The third-order valence-electron chi connectivity index (χ3n) is 3.02. The number of quaternary nitrogens is 2. The lowest BCUT2D eigenvalue weighted by atomic mass is 10.1. The molecule has 0 saturated heterocycles. The van der Waals surface area contributed by atoms with Gasteiger partial charge in [0.05, 0.1) is 42.3 Å². The van der Waals surface area contributed by atoms with Crippen LogP contribution in [0.2, 0.25) is 0 Å². The predicted molar refractivity (Wildman–Crippen MR) is 89.6 cm³/mol. The fourth-order valence-corrected chi connectivity index (χ4v) is 2.22. The first-order valence-corrected chi connectivity index (χ1v) is 7.50. The van der Waals surface area contributed by atoms with E-state index in [1.807, 2.05) is 18.2 Å². The summed E-state index contributed by atoms with van der Waals surface area (Å²) in [5.41, 5.74) is 2.13. The molecule has 0 N–H and O–H groups in total. The Kier molecular flexibility index (Phi) is 5.59. The Morgan fingerprint density at radius 2 is 1.36 bits per heavy atom. The molecule has 0 aliphatic carbocycles. The van der Waals surface area contributed by atoms with Gasteiger partial charge >= 0.3 is 6.09 Å². The molecule has 22 heavy (non-hydrogen) atoms. The maximum Gasteiger partial charge on any atom is 0.414 e. The van der Waals surface area contributed by atoms with Crippen LogP contribution in [0.1, 0.15) is 11.1 Å². The number of carbonyl (C=O) groups is 1. The van der Waals surface area contributed by atoms with E-state index in [2.05, 4.69) is 42.3 Å². The van der Waals surface area contributed by atoms with Crippen molar-refractivity contribution < 1.29 is 18.5 Å². The number of para-hydroxylation sites is 1. The Balaban J connectivity index is 3.26. The molecule has 0 heterocycles. The molecule has 0 saturated carbocycles. The summed E-state index contributed by atoms with van der Waals surface area (Å²) in [6.45, 7) is 1.61. The lowest BCUT2D eigenvalue weighted by Crippen LogP contribution is -2.35. The van der Waals surface area contributed by atoms with Crippen molar-refractivity contribution in [2.75, 3.05) is 56.4 Å². The molecule has 0 aliphatic heterocycles. The van der Waals surface area contributed by atoms with Gasteiger partial charge in [0.15, 0.2) is 0 Å². The minimum atomic E-state index is -0.337. The molecule has 0 radical (unpaired) electrons. The number of rotatable bonds is 5. The number of amides is 1. The quantitative estimate of drug-likeness (QED) is 0.780.